The summed E-state index contributed by atoms with van der Waals surface area (Å²) in [6.07, 6.45) is 2.34. The monoisotopic (exact) mass is 273 g/mol. The van der Waals surface area contributed by atoms with Crippen LogP contribution in [0.4, 0.5) is 5.82 Å². The highest BCUT2D eigenvalue weighted by Crippen LogP contribution is 2.23. The minimum atomic E-state index is -0.0363. The quantitative estimate of drug-likeness (QED) is 0.881. The molecule has 1 N–H and O–H groups in total. The molecule has 1 aliphatic rings. The van der Waals surface area contributed by atoms with E-state index in [-0.39, 0.29) is 12.5 Å². The van der Waals surface area contributed by atoms with Crippen LogP contribution in [-0.4, -0.2) is 35.7 Å². The molecule has 2 heterocycles. The fourth-order valence-corrected chi connectivity index (χ4v) is 2.49. The van der Waals surface area contributed by atoms with Gasteiger partial charge >= 0.3 is 0 Å². The molecule has 1 aromatic heterocycles. The molecule has 0 unspecified atom stereocenters. The van der Waals surface area contributed by atoms with Crippen LogP contribution in [0, 0.1) is 11.3 Å². The summed E-state index contributed by atoms with van der Waals surface area (Å²) < 4.78 is 0. The van der Waals surface area contributed by atoms with Gasteiger partial charge in [0, 0.05) is 13.1 Å². The van der Waals surface area contributed by atoms with Crippen molar-refractivity contribution in [2.75, 3.05) is 24.5 Å². The Balaban J connectivity index is 2.45. The van der Waals surface area contributed by atoms with Gasteiger partial charge in [0.1, 0.15) is 11.6 Å². The van der Waals surface area contributed by atoms with Crippen molar-refractivity contribution >= 4 is 11.7 Å². The Morgan fingerprint density at radius 1 is 1.35 bits per heavy atom. The predicted molar refractivity (Wildman–Crippen MR) is 75.3 cm³/mol. The number of carbonyl (C=O) groups is 1. The van der Waals surface area contributed by atoms with Crippen molar-refractivity contribution in [3.05, 3.63) is 16.8 Å². The third-order valence-corrected chi connectivity index (χ3v) is 3.50. The molecule has 1 aromatic rings. The summed E-state index contributed by atoms with van der Waals surface area (Å²) in [4.78, 5) is 13.5. The largest absolute Gasteiger partial charge is 0.354 e. The number of amides is 1. The predicted octanol–water partition coefficient (Wildman–Crippen LogP) is 0.799. The van der Waals surface area contributed by atoms with Crippen LogP contribution in [0.3, 0.4) is 0 Å². The van der Waals surface area contributed by atoms with E-state index in [9.17, 15) is 10.1 Å². The molecule has 106 valence electrons. The minimum absolute atomic E-state index is 0.0363. The third kappa shape index (κ3) is 2.72. The molecule has 0 radical (unpaired) electrons. The Kier molecular flexibility index (Phi) is 4.51. The smallest absolute Gasteiger partial charge is 0.239 e. The van der Waals surface area contributed by atoms with Crippen LogP contribution >= 0.6 is 0 Å². The summed E-state index contributed by atoms with van der Waals surface area (Å²) in [5.74, 6) is 0.504. The standard InChI is InChI=1S/C14H19N5O/c1-3-10-11(8-15)14(18-17-12(10)4-2)19-7-5-6-16-13(20)9-19/h3-7,9H2,1-2H3,(H,16,20). The van der Waals surface area contributed by atoms with Gasteiger partial charge in [-0.2, -0.15) is 10.4 Å². The summed E-state index contributed by atoms with van der Waals surface area (Å²) in [7, 11) is 0. The Labute approximate surface area is 118 Å². The Morgan fingerprint density at radius 2 is 2.15 bits per heavy atom. The lowest BCUT2D eigenvalue weighted by atomic mass is 10.0. The summed E-state index contributed by atoms with van der Waals surface area (Å²) in [6, 6.07) is 2.25. The molecule has 1 saturated heterocycles. The normalized spacial score (nSPS) is 15.4. The van der Waals surface area contributed by atoms with Crippen LogP contribution in [0.15, 0.2) is 0 Å². The van der Waals surface area contributed by atoms with Crippen molar-refractivity contribution in [1.29, 1.82) is 5.26 Å². The van der Waals surface area contributed by atoms with E-state index in [2.05, 4.69) is 21.6 Å². The van der Waals surface area contributed by atoms with E-state index in [1.807, 2.05) is 18.7 Å². The van der Waals surface area contributed by atoms with Crippen molar-refractivity contribution in [1.82, 2.24) is 15.5 Å². The highest BCUT2D eigenvalue weighted by molar-refractivity contribution is 5.82. The Morgan fingerprint density at radius 3 is 2.80 bits per heavy atom. The van der Waals surface area contributed by atoms with Gasteiger partial charge in [0.2, 0.25) is 5.91 Å². The van der Waals surface area contributed by atoms with Crippen molar-refractivity contribution < 1.29 is 4.79 Å². The summed E-state index contributed by atoms with van der Waals surface area (Å²) in [5.41, 5.74) is 2.38. The molecule has 0 aromatic carbocycles. The number of nitrogens with one attached hydrogen (secondary N) is 1. The molecule has 2 rings (SSSR count). The van der Waals surface area contributed by atoms with E-state index in [0.717, 1.165) is 30.5 Å². The van der Waals surface area contributed by atoms with Gasteiger partial charge in [-0.15, -0.1) is 5.10 Å². The maximum atomic E-state index is 11.7. The summed E-state index contributed by atoms with van der Waals surface area (Å²) in [5, 5.41) is 20.7. The fourth-order valence-electron chi connectivity index (χ4n) is 2.49. The first-order valence-corrected chi connectivity index (χ1v) is 7.01. The van der Waals surface area contributed by atoms with Gasteiger partial charge in [0.05, 0.1) is 12.2 Å². The van der Waals surface area contributed by atoms with Crippen LogP contribution in [0.25, 0.3) is 0 Å². The van der Waals surface area contributed by atoms with Crippen LogP contribution in [0.1, 0.15) is 37.1 Å². The number of rotatable bonds is 3. The third-order valence-electron chi connectivity index (χ3n) is 3.50. The zero-order chi connectivity index (χ0) is 14.5. The second-order valence-corrected chi connectivity index (χ2v) is 4.77. The molecule has 0 bridgehead atoms. The number of hydrogen-bond acceptors (Lipinski definition) is 5. The zero-order valence-corrected chi connectivity index (χ0v) is 11.9. The first-order chi connectivity index (χ1) is 9.71. The average Bonchev–Trinajstić information content (AvgIpc) is 2.69. The second-order valence-electron chi connectivity index (χ2n) is 4.77. The fraction of sp³-hybridized carbons (Fsp3) is 0.571. The van der Waals surface area contributed by atoms with Crippen molar-refractivity contribution in [2.24, 2.45) is 0 Å². The molecular formula is C14H19N5O. The molecule has 1 amide bonds. The van der Waals surface area contributed by atoms with Crippen molar-refractivity contribution in [3.8, 4) is 6.07 Å². The van der Waals surface area contributed by atoms with Crippen LogP contribution < -0.4 is 10.2 Å². The molecule has 0 aliphatic carbocycles. The molecule has 1 aliphatic heterocycles. The highest BCUT2D eigenvalue weighted by Gasteiger charge is 2.22. The van der Waals surface area contributed by atoms with Crippen LogP contribution in [0.2, 0.25) is 0 Å². The molecule has 1 fully saturated rings. The number of aromatic nitrogens is 2. The number of anilines is 1. The molecule has 6 nitrogen and oxygen atoms in total. The van der Waals surface area contributed by atoms with E-state index in [0.29, 0.717) is 24.5 Å². The highest BCUT2D eigenvalue weighted by atomic mass is 16.2. The maximum Gasteiger partial charge on any atom is 0.239 e. The number of nitrogens with zero attached hydrogens (tertiary/aromatic N) is 4. The Bertz CT molecular complexity index is 549. The SMILES string of the molecule is CCc1nnc(N2CCCNC(=O)C2)c(C#N)c1CC. The zero-order valence-electron chi connectivity index (χ0n) is 11.9. The van der Waals surface area contributed by atoms with E-state index in [1.54, 1.807) is 0 Å². The topological polar surface area (TPSA) is 81.9 Å². The van der Waals surface area contributed by atoms with E-state index < -0.39 is 0 Å². The molecule has 0 atom stereocenters. The van der Waals surface area contributed by atoms with Crippen LogP contribution in [0.5, 0.6) is 0 Å². The molecule has 6 heteroatoms. The van der Waals surface area contributed by atoms with Gasteiger partial charge in [-0.25, -0.2) is 0 Å². The van der Waals surface area contributed by atoms with Gasteiger partial charge in [-0.1, -0.05) is 13.8 Å². The lowest BCUT2D eigenvalue weighted by Crippen LogP contribution is -2.34. The molecular weight excluding hydrogens is 254 g/mol. The second kappa shape index (κ2) is 6.33. The Hall–Kier alpha value is -2.16. The van der Waals surface area contributed by atoms with Gasteiger partial charge < -0.3 is 10.2 Å². The lowest BCUT2D eigenvalue weighted by molar-refractivity contribution is -0.119. The van der Waals surface area contributed by atoms with E-state index in [1.165, 1.54) is 0 Å². The number of carbonyl (C=O) groups excluding carboxylic acids is 1. The van der Waals surface area contributed by atoms with E-state index >= 15 is 0 Å². The number of nitriles is 1. The van der Waals surface area contributed by atoms with Crippen molar-refractivity contribution in [2.45, 2.75) is 33.1 Å². The minimum Gasteiger partial charge on any atom is -0.354 e. The number of hydrogen-bond donors (Lipinski definition) is 1. The van der Waals surface area contributed by atoms with Gasteiger partial charge in [0.15, 0.2) is 5.82 Å². The van der Waals surface area contributed by atoms with E-state index in [4.69, 9.17) is 0 Å². The van der Waals surface area contributed by atoms with Crippen LogP contribution in [-0.2, 0) is 17.6 Å². The first kappa shape index (κ1) is 14.3. The molecule has 20 heavy (non-hydrogen) atoms. The lowest BCUT2D eigenvalue weighted by Gasteiger charge is -2.22. The first-order valence-electron chi connectivity index (χ1n) is 7.01. The maximum absolute atomic E-state index is 11.7. The summed E-state index contributed by atoms with van der Waals surface area (Å²) in [6.45, 7) is 5.62. The average molecular weight is 273 g/mol. The number of aryl methyl sites for hydroxylation is 1. The molecule has 0 spiro atoms. The van der Waals surface area contributed by atoms with Crippen molar-refractivity contribution in [3.63, 3.8) is 0 Å². The van der Waals surface area contributed by atoms with Gasteiger partial charge in [-0.05, 0) is 24.8 Å². The summed E-state index contributed by atoms with van der Waals surface area (Å²) >= 11 is 0. The molecule has 0 saturated carbocycles. The van der Waals surface area contributed by atoms with Gasteiger partial charge in [-0.3, -0.25) is 4.79 Å². The van der Waals surface area contributed by atoms with Gasteiger partial charge in [0.25, 0.3) is 0 Å².